The lowest BCUT2D eigenvalue weighted by atomic mass is 10.1. The molecule has 0 bridgehead atoms. The lowest BCUT2D eigenvalue weighted by Gasteiger charge is -2.09. The van der Waals surface area contributed by atoms with Crippen LogP contribution in [0.2, 0.25) is 0 Å². The van der Waals surface area contributed by atoms with E-state index < -0.39 is 0 Å². The van der Waals surface area contributed by atoms with Crippen molar-refractivity contribution in [2.45, 2.75) is 45.3 Å². The first-order valence-electron chi connectivity index (χ1n) is 7.22. The summed E-state index contributed by atoms with van der Waals surface area (Å²) in [6.45, 7) is 2.16. The smallest absolute Gasteiger partial charge is 0.332 e. The largest absolute Gasteiger partial charge is 0.393 e. The molecule has 7 heteroatoms. The standard InChI is InChI=1S/C14H22N4O3/c1-10(19)7-5-4-6-8-18-13(20)11-12(15-9-16(11)2)17(3)14(18)21/h9-10,19H,4-8H2,1-3H3/t10-/m0/s1. The Balaban J connectivity index is 2.22. The van der Waals surface area contributed by atoms with Crippen molar-refractivity contribution in [1.29, 1.82) is 0 Å². The first kappa shape index (κ1) is 15.5. The zero-order valence-corrected chi connectivity index (χ0v) is 12.7. The predicted molar refractivity (Wildman–Crippen MR) is 80.4 cm³/mol. The van der Waals surface area contributed by atoms with Crippen LogP contribution in [-0.4, -0.2) is 29.9 Å². The monoisotopic (exact) mass is 294 g/mol. The van der Waals surface area contributed by atoms with Crippen molar-refractivity contribution in [2.75, 3.05) is 0 Å². The molecule has 0 saturated carbocycles. The number of aliphatic hydroxyl groups excluding tert-OH is 1. The van der Waals surface area contributed by atoms with E-state index in [4.69, 9.17) is 0 Å². The van der Waals surface area contributed by atoms with Gasteiger partial charge in [0.05, 0.1) is 12.4 Å². The van der Waals surface area contributed by atoms with Crippen LogP contribution in [-0.2, 0) is 20.6 Å². The third-order valence-corrected chi connectivity index (χ3v) is 3.70. The first-order chi connectivity index (χ1) is 9.93. The highest BCUT2D eigenvalue weighted by Crippen LogP contribution is 2.06. The molecule has 1 N–H and O–H groups in total. The summed E-state index contributed by atoms with van der Waals surface area (Å²) < 4.78 is 4.32. The fourth-order valence-corrected chi connectivity index (χ4v) is 2.48. The number of nitrogens with zero attached hydrogens (tertiary/aromatic N) is 4. The fraction of sp³-hybridized carbons (Fsp3) is 0.643. The Bertz CT molecular complexity index is 739. The van der Waals surface area contributed by atoms with Crippen molar-refractivity contribution in [3.63, 3.8) is 0 Å². The van der Waals surface area contributed by atoms with Gasteiger partial charge in [0.2, 0.25) is 0 Å². The summed E-state index contributed by atoms with van der Waals surface area (Å²) in [6, 6.07) is 0. The highest BCUT2D eigenvalue weighted by Gasteiger charge is 2.14. The molecule has 0 aliphatic rings. The quantitative estimate of drug-likeness (QED) is 0.781. The predicted octanol–water partition coefficient (Wildman–Crippen LogP) is 0.375. The number of aromatic nitrogens is 4. The molecule has 0 amide bonds. The number of fused-ring (bicyclic) bond motifs is 1. The Hall–Kier alpha value is -1.89. The molecule has 0 unspecified atom stereocenters. The van der Waals surface area contributed by atoms with Crippen LogP contribution >= 0.6 is 0 Å². The molecule has 2 heterocycles. The van der Waals surface area contributed by atoms with Crippen LogP contribution in [0, 0.1) is 0 Å². The average molecular weight is 294 g/mol. The molecule has 0 saturated heterocycles. The van der Waals surface area contributed by atoms with Crippen molar-refractivity contribution < 1.29 is 5.11 Å². The Morgan fingerprint density at radius 2 is 1.95 bits per heavy atom. The van der Waals surface area contributed by atoms with Gasteiger partial charge < -0.3 is 9.67 Å². The molecule has 2 aromatic rings. The van der Waals surface area contributed by atoms with Crippen LogP contribution in [0.5, 0.6) is 0 Å². The zero-order chi connectivity index (χ0) is 15.6. The maximum atomic E-state index is 12.4. The number of hydrogen-bond donors (Lipinski definition) is 1. The third-order valence-electron chi connectivity index (χ3n) is 3.70. The molecule has 0 radical (unpaired) electrons. The van der Waals surface area contributed by atoms with Crippen LogP contribution in [0.15, 0.2) is 15.9 Å². The summed E-state index contributed by atoms with van der Waals surface area (Å²) in [5.41, 5.74) is 0.240. The van der Waals surface area contributed by atoms with Crippen molar-refractivity contribution in [3.05, 3.63) is 27.2 Å². The van der Waals surface area contributed by atoms with E-state index in [0.29, 0.717) is 17.7 Å². The molecule has 0 aliphatic carbocycles. The molecule has 21 heavy (non-hydrogen) atoms. The SMILES string of the molecule is C[C@H](O)CCCCCn1c(=O)c2c(ncn2C)n(C)c1=O. The van der Waals surface area contributed by atoms with E-state index in [1.807, 2.05) is 0 Å². The molecule has 0 spiro atoms. The van der Waals surface area contributed by atoms with Gasteiger partial charge in [0.1, 0.15) is 0 Å². The summed E-state index contributed by atoms with van der Waals surface area (Å²) in [7, 11) is 3.37. The Kier molecular flexibility index (Phi) is 4.62. The molecule has 2 rings (SSSR count). The van der Waals surface area contributed by atoms with Crippen LogP contribution in [0.3, 0.4) is 0 Å². The number of rotatable bonds is 6. The van der Waals surface area contributed by atoms with Crippen molar-refractivity contribution in [3.8, 4) is 0 Å². The first-order valence-corrected chi connectivity index (χ1v) is 7.22. The number of aryl methyl sites for hydroxylation is 2. The van der Waals surface area contributed by atoms with Gasteiger partial charge in [0, 0.05) is 20.6 Å². The topological polar surface area (TPSA) is 82.1 Å². The van der Waals surface area contributed by atoms with Crippen molar-refractivity contribution >= 4 is 11.2 Å². The summed E-state index contributed by atoms with van der Waals surface area (Å²) in [5, 5.41) is 9.20. The van der Waals surface area contributed by atoms with Gasteiger partial charge in [-0.05, 0) is 19.8 Å². The Morgan fingerprint density at radius 3 is 2.62 bits per heavy atom. The number of imidazole rings is 1. The van der Waals surface area contributed by atoms with E-state index in [1.165, 1.54) is 9.13 Å². The maximum absolute atomic E-state index is 12.4. The maximum Gasteiger partial charge on any atom is 0.332 e. The highest BCUT2D eigenvalue weighted by atomic mass is 16.3. The van der Waals surface area contributed by atoms with E-state index in [2.05, 4.69) is 4.98 Å². The van der Waals surface area contributed by atoms with Crippen molar-refractivity contribution in [1.82, 2.24) is 18.7 Å². The van der Waals surface area contributed by atoms with Gasteiger partial charge >= 0.3 is 5.69 Å². The number of unbranched alkanes of at least 4 members (excludes halogenated alkanes) is 2. The van der Waals surface area contributed by atoms with E-state index in [9.17, 15) is 14.7 Å². The molecule has 0 fully saturated rings. The normalized spacial score (nSPS) is 13.0. The minimum absolute atomic E-state index is 0.288. The van der Waals surface area contributed by atoms with Gasteiger partial charge in [-0.2, -0.15) is 0 Å². The van der Waals surface area contributed by atoms with Crippen LogP contribution in [0.4, 0.5) is 0 Å². The van der Waals surface area contributed by atoms with Crippen LogP contribution in [0.25, 0.3) is 11.2 Å². The lowest BCUT2D eigenvalue weighted by molar-refractivity contribution is 0.180. The Morgan fingerprint density at radius 1 is 1.24 bits per heavy atom. The minimum Gasteiger partial charge on any atom is -0.393 e. The molecular formula is C14H22N4O3. The molecule has 1 atom stereocenters. The zero-order valence-electron chi connectivity index (χ0n) is 12.7. The molecule has 0 aliphatic heterocycles. The van der Waals surface area contributed by atoms with Crippen LogP contribution in [0.1, 0.15) is 32.6 Å². The summed E-state index contributed by atoms with van der Waals surface area (Å²) >= 11 is 0. The fourth-order valence-electron chi connectivity index (χ4n) is 2.48. The third kappa shape index (κ3) is 3.07. The minimum atomic E-state index is -0.332. The van der Waals surface area contributed by atoms with Gasteiger partial charge in [0.15, 0.2) is 11.2 Å². The summed E-state index contributed by atoms with van der Waals surface area (Å²) in [6.07, 6.45) is 4.49. The molecule has 116 valence electrons. The average Bonchev–Trinajstić information content (AvgIpc) is 2.81. The number of hydrogen-bond acceptors (Lipinski definition) is 4. The van der Waals surface area contributed by atoms with Crippen molar-refractivity contribution in [2.24, 2.45) is 14.1 Å². The van der Waals surface area contributed by atoms with E-state index in [-0.39, 0.29) is 17.4 Å². The summed E-state index contributed by atoms with van der Waals surface area (Å²) in [4.78, 5) is 28.7. The Labute approximate surface area is 122 Å². The summed E-state index contributed by atoms with van der Waals surface area (Å²) in [5.74, 6) is 0. The second-order valence-electron chi connectivity index (χ2n) is 5.52. The van der Waals surface area contributed by atoms with E-state index in [0.717, 1.165) is 25.7 Å². The highest BCUT2D eigenvalue weighted by molar-refractivity contribution is 5.69. The van der Waals surface area contributed by atoms with Gasteiger partial charge in [0.25, 0.3) is 5.56 Å². The van der Waals surface area contributed by atoms with Gasteiger partial charge in [-0.1, -0.05) is 12.8 Å². The van der Waals surface area contributed by atoms with Gasteiger partial charge in [-0.25, -0.2) is 9.78 Å². The molecule has 7 nitrogen and oxygen atoms in total. The molecular weight excluding hydrogens is 272 g/mol. The second-order valence-corrected chi connectivity index (χ2v) is 5.52. The lowest BCUT2D eigenvalue weighted by Crippen LogP contribution is -2.39. The van der Waals surface area contributed by atoms with E-state index in [1.54, 1.807) is 31.9 Å². The van der Waals surface area contributed by atoms with Gasteiger partial charge in [-0.15, -0.1) is 0 Å². The van der Waals surface area contributed by atoms with Crippen LogP contribution < -0.4 is 11.2 Å². The van der Waals surface area contributed by atoms with E-state index >= 15 is 0 Å². The molecule has 2 aromatic heterocycles. The van der Waals surface area contributed by atoms with Gasteiger partial charge in [-0.3, -0.25) is 13.9 Å². The second kappa shape index (κ2) is 6.26. The number of aliphatic hydroxyl groups is 1. The molecule has 0 aromatic carbocycles.